The molecule has 0 saturated carbocycles. The minimum atomic E-state index is -3.58. The Morgan fingerprint density at radius 3 is 2.45 bits per heavy atom. The Hall–Kier alpha value is -3.15. The summed E-state index contributed by atoms with van der Waals surface area (Å²) in [4.78, 5) is 25.3. The molecule has 4 rings (SSSR count). The molecule has 0 aliphatic carbocycles. The molecule has 2 aromatic heterocycles. The standard InChI is InChI=1S/C20H22N6O4S/c27-20(24-9-11-25-10-8-23-19(25)18-21-6-1-7-22-18)16-2-4-17(5-3-16)31(28,29)26-12-14-30-15-13-26/h1-8,10H,9,11-15H2,(H,24,27). The summed E-state index contributed by atoms with van der Waals surface area (Å²) < 4.78 is 33.8. The highest BCUT2D eigenvalue weighted by molar-refractivity contribution is 7.89. The van der Waals surface area contributed by atoms with E-state index in [1.54, 1.807) is 30.9 Å². The molecule has 3 aromatic rings. The average Bonchev–Trinajstić information content (AvgIpc) is 3.29. The van der Waals surface area contributed by atoms with Gasteiger partial charge in [-0.3, -0.25) is 4.79 Å². The molecule has 0 radical (unpaired) electrons. The predicted molar refractivity (Wildman–Crippen MR) is 112 cm³/mol. The number of sulfonamides is 1. The number of carbonyl (C=O) groups excluding carboxylic acids is 1. The number of carbonyl (C=O) groups is 1. The molecule has 1 aliphatic rings. The van der Waals surface area contributed by atoms with Crippen LogP contribution in [0.25, 0.3) is 11.6 Å². The average molecular weight is 443 g/mol. The molecule has 162 valence electrons. The van der Waals surface area contributed by atoms with Crippen LogP contribution in [0.1, 0.15) is 10.4 Å². The molecule has 0 atom stereocenters. The van der Waals surface area contributed by atoms with Crippen LogP contribution in [0, 0.1) is 0 Å². The molecule has 3 heterocycles. The van der Waals surface area contributed by atoms with Crippen LogP contribution in [0.15, 0.2) is 60.0 Å². The summed E-state index contributed by atoms with van der Waals surface area (Å²) in [5.41, 5.74) is 0.387. The van der Waals surface area contributed by atoms with Crippen LogP contribution in [0.4, 0.5) is 0 Å². The molecule has 1 aromatic carbocycles. The number of imidazole rings is 1. The zero-order valence-electron chi connectivity index (χ0n) is 16.7. The Bertz CT molecular complexity index is 1130. The molecule has 1 fully saturated rings. The lowest BCUT2D eigenvalue weighted by Crippen LogP contribution is -2.40. The van der Waals surface area contributed by atoms with Gasteiger partial charge in [-0.15, -0.1) is 0 Å². The summed E-state index contributed by atoms with van der Waals surface area (Å²) in [5.74, 6) is 0.844. The number of nitrogens with one attached hydrogen (secondary N) is 1. The normalized spacial score (nSPS) is 15.0. The van der Waals surface area contributed by atoms with E-state index in [4.69, 9.17) is 4.74 Å². The first-order valence-corrected chi connectivity index (χ1v) is 11.2. The first kappa shape index (κ1) is 21.1. The van der Waals surface area contributed by atoms with Crippen molar-refractivity contribution in [1.29, 1.82) is 0 Å². The van der Waals surface area contributed by atoms with Crippen molar-refractivity contribution in [3.8, 4) is 11.6 Å². The Morgan fingerprint density at radius 1 is 1.03 bits per heavy atom. The lowest BCUT2D eigenvalue weighted by atomic mass is 10.2. The Labute approximate surface area is 180 Å². The van der Waals surface area contributed by atoms with E-state index >= 15 is 0 Å². The largest absolute Gasteiger partial charge is 0.379 e. The molecule has 31 heavy (non-hydrogen) atoms. The van der Waals surface area contributed by atoms with Gasteiger partial charge in [0.2, 0.25) is 10.0 Å². The molecule has 1 aliphatic heterocycles. The number of morpholine rings is 1. The van der Waals surface area contributed by atoms with Crippen LogP contribution in [0.3, 0.4) is 0 Å². The maximum atomic E-state index is 12.7. The first-order chi connectivity index (χ1) is 15.1. The van der Waals surface area contributed by atoms with Gasteiger partial charge in [-0.2, -0.15) is 4.31 Å². The summed E-state index contributed by atoms with van der Waals surface area (Å²) in [6, 6.07) is 7.68. The molecule has 1 amide bonds. The van der Waals surface area contributed by atoms with Crippen molar-refractivity contribution >= 4 is 15.9 Å². The minimum absolute atomic E-state index is 0.164. The van der Waals surface area contributed by atoms with Crippen LogP contribution < -0.4 is 5.32 Å². The fourth-order valence-electron chi connectivity index (χ4n) is 3.22. The van der Waals surface area contributed by atoms with E-state index in [2.05, 4.69) is 20.3 Å². The van der Waals surface area contributed by atoms with E-state index in [1.807, 2.05) is 4.57 Å². The van der Waals surface area contributed by atoms with Crippen LogP contribution in [-0.2, 0) is 21.3 Å². The van der Waals surface area contributed by atoms with E-state index in [-0.39, 0.29) is 10.8 Å². The molecule has 0 spiro atoms. The summed E-state index contributed by atoms with van der Waals surface area (Å²) >= 11 is 0. The second-order valence-corrected chi connectivity index (χ2v) is 8.75. The first-order valence-electron chi connectivity index (χ1n) is 9.80. The van der Waals surface area contributed by atoms with Crippen molar-refractivity contribution in [2.24, 2.45) is 0 Å². The van der Waals surface area contributed by atoms with Gasteiger partial charge in [0.05, 0.1) is 18.1 Å². The summed E-state index contributed by atoms with van der Waals surface area (Å²) in [6.07, 6.45) is 6.74. The molecule has 1 N–H and O–H groups in total. The van der Waals surface area contributed by atoms with Gasteiger partial charge in [0.25, 0.3) is 5.91 Å². The lowest BCUT2D eigenvalue weighted by molar-refractivity contribution is 0.0730. The van der Waals surface area contributed by atoms with Crippen molar-refractivity contribution in [1.82, 2.24) is 29.1 Å². The molecular formula is C20H22N6O4S. The van der Waals surface area contributed by atoms with E-state index in [0.29, 0.717) is 56.6 Å². The van der Waals surface area contributed by atoms with Crippen molar-refractivity contribution < 1.29 is 17.9 Å². The Balaban J connectivity index is 1.35. The fraction of sp³-hybridized carbons (Fsp3) is 0.300. The van der Waals surface area contributed by atoms with Gasteiger partial charge in [0.1, 0.15) is 0 Å². The van der Waals surface area contributed by atoms with E-state index in [0.717, 1.165) is 0 Å². The minimum Gasteiger partial charge on any atom is -0.379 e. The van der Waals surface area contributed by atoms with E-state index in [9.17, 15) is 13.2 Å². The zero-order chi connectivity index (χ0) is 21.7. The number of ether oxygens (including phenoxy) is 1. The van der Waals surface area contributed by atoms with E-state index in [1.165, 1.54) is 28.6 Å². The topological polar surface area (TPSA) is 119 Å². The SMILES string of the molecule is O=C(NCCn1ccnc1-c1ncccn1)c1ccc(S(=O)(=O)N2CCOCC2)cc1. The third kappa shape index (κ3) is 4.79. The summed E-state index contributed by atoms with van der Waals surface area (Å²) in [7, 11) is -3.58. The molecule has 1 saturated heterocycles. The number of amides is 1. The molecule has 11 heteroatoms. The number of rotatable bonds is 7. The van der Waals surface area contributed by atoms with Crippen molar-refractivity contribution in [3.63, 3.8) is 0 Å². The van der Waals surface area contributed by atoms with Crippen molar-refractivity contribution in [2.75, 3.05) is 32.8 Å². The van der Waals surface area contributed by atoms with Gasteiger partial charge in [0.15, 0.2) is 11.6 Å². The maximum Gasteiger partial charge on any atom is 0.251 e. The highest BCUT2D eigenvalue weighted by atomic mass is 32.2. The monoisotopic (exact) mass is 442 g/mol. The smallest absolute Gasteiger partial charge is 0.251 e. The van der Waals surface area contributed by atoms with Gasteiger partial charge in [-0.05, 0) is 30.3 Å². The fourth-order valence-corrected chi connectivity index (χ4v) is 4.62. The van der Waals surface area contributed by atoms with Gasteiger partial charge in [0, 0.05) is 56.5 Å². The molecule has 0 unspecified atom stereocenters. The lowest BCUT2D eigenvalue weighted by Gasteiger charge is -2.26. The molecule has 0 bridgehead atoms. The van der Waals surface area contributed by atoms with Gasteiger partial charge < -0.3 is 14.6 Å². The second kappa shape index (κ2) is 9.33. The number of aromatic nitrogens is 4. The third-order valence-electron chi connectivity index (χ3n) is 4.84. The zero-order valence-corrected chi connectivity index (χ0v) is 17.5. The van der Waals surface area contributed by atoms with Gasteiger partial charge in [-0.25, -0.2) is 23.4 Å². The van der Waals surface area contributed by atoms with Gasteiger partial charge >= 0.3 is 0 Å². The molecule has 10 nitrogen and oxygen atoms in total. The van der Waals surface area contributed by atoms with Crippen molar-refractivity contribution in [3.05, 3.63) is 60.7 Å². The van der Waals surface area contributed by atoms with Crippen molar-refractivity contribution in [2.45, 2.75) is 11.4 Å². The highest BCUT2D eigenvalue weighted by Crippen LogP contribution is 2.18. The Kier molecular flexibility index (Phi) is 6.35. The van der Waals surface area contributed by atoms with Gasteiger partial charge in [-0.1, -0.05) is 0 Å². The van der Waals surface area contributed by atoms with Crippen LogP contribution in [-0.4, -0.2) is 71.0 Å². The quantitative estimate of drug-likeness (QED) is 0.574. The highest BCUT2D eigenvalue weighted by Gasteiger charge is 2.26. The number of hydrogen-bond acceptors (Lipinski definition) is 7. The van der Waals surface area contributed by atoms with Crippen LogP contribution in [0.2, 0.25) is 0 Å². The second-order valence-electron chi connectivity index (χ2n) is 6.81. The number of hydrogen-bond donors (Lipinski definition) is 1. The third-order valence-corrected chi connectivity index (χ3v) is 6.76. The Morgan fingerprint density at radius 2 is 1.74 bits per heavy atom. The molecular weight excluding hydrogens is 420 g/mol. The van der Waals surface area contributed by atoms with Crippen LogP contribution >= 0.6 is 0 Å². The summed E-state index contributed by atoms with van der Waals surface area (Å²) in [6.45, 7) is 2.28. The number of benzene rings is 1. The maximum absolute atomic E-state index is 12.7. The van der Waals surface area contributed by atoms with Crippen LogP contribution in [0.5, 0.6) is 0 Å². The van der Waals surface area contributed by atoms with E-state index < -0.39 is 10.0 Å². The summed E-state index contributed by atoms with van der Waals surface area (Å²) in [5, 5.41) is 2.83. The predicted octanol–water partition coefficient (Wildman–Crippen LogP) is 0.791. The number of nitrogens with zero attached hydrogens (tertiary/aromatic N) is 5.